The van der Waals surface area contributed by atoms with Gasteiger partial charge in [-0.2, -0.15) is 0 Å². The van der Waals surface area contributed by atoms with Crippen molar-refractivity contribution in [3.8, 4) is 23.0 Å². The van der Waals surface area contributed by atoms with E-state index in [2.05, 4.69) is 67.7 Å². The SMILES string of the molecule is COc1cc(C(=O)N2C[C@H](O)C[C@H]2CO[Si](C)(C)C(C)(C)C)c(N)cc1OCCCCCOc1cc(N)c(C(=O)N2C[C@H](O)C[C@H]2CO[Si](C)(C)C(C)(C)C)cc1OC. The maximum absolute atomic E-state index is 13.8. The molecule has 0 unspecified atom stereocenters. The zero-order valence-corrected chi connectivity index (χ0v) is 39.6. The van der Waals surface area contributed by atoms with Crippen molar-refractivity contribution in [1.29, 1.82) is 0 Å². The van der Waals surface area contributed by atoms with E-state index in [4.69, 9.17) is 39.3 Å². The third-order valence-electron chi connectivity index (χ3n) is 12.6. The van der Waals surface area contributed by atoms with Gasteiger partial charge in [0.1, 0.15) is 0 Å². The number of anilines is 2. The Morgan fingerprint density at radius 2 is 1.00 bits per heavy atom. The number of likely N-dealkylation sites (tertiary alicyclic amines) is 2. The summed E-state index contributed by atoms with van der Waals surface area (Å²) >= 11 is 0. The van der Waals surface area contributed by atoms with Gasteiger partial charge in [0.2, 0.25) is 0 Å². The van der Waals surface area contributed by atoms with Gasteiger partial charge in [-0.05, 0) is 80.5 Å². The first-order chi connectivity index (χ1) is 27.4. The van der Waals surface area contributed by atoms with Gasteiger partial charge in [-0.15, -0.1) is 0 Å². The van der Waals surface area contributed by atoms with Gasteiger partial charge in [0.15, 0.2) is 39.6 Å². The second-order valence-corrected chi connectivity index (χ2v) is 28.7. The van der Waals surface area contributed by atoms with Gasteiger partial charge >= 0.3 is 0 Å². The Bertz CT molecular complexity index is 1640. The highest BCUT2D eigenvalue weighted by molar-refractivity contribution is 6.74. The second kappa shape index (κ2) is 19.4. The summed E-state index contributed by atoms with van der Waals surface area (Å²) in [6.07, 6.45) is 1.82. The maximum atomic E-state index is 13.8. The first kappa shape index (κ1) is 48.1. The van der Waals surface area contributed by atoms with E-state index in [0.717, 1.165) is 6.42 Å². The molecular formula is C43H72N4O10Si2. The highest BCUT2D eigenvalue weighted by Gasteiger charge is 2.43. The smallest absolute Gasteiger partial charge is 0.256 e. The molecule has 2 heterocycles. The third kappa shape index (κ3) is 11.8. The van der Waals surface area contributed by atoms with E-state index in [-0.39, 0.29) is 69.6 Å². The van der Waals surface area contributed by atoms with Crippen LogP contribution in [0.25, 0.3) is 0 Å². The Labute approximate surface area is 354 Å². The molecule has 0 spiro atoms. The number of nitrogen functional groups attached to an aromatic ring is 2. The van der Waals surface area contributed by atoms with Gasteiger partial charge in [-0.1, -0.05) is 41.5 Å². The molecule has 59 heavy (non-hydrogen) atoms. The minimum atomic E-state index is -2.06. The van der Waals surface area contributed by atoms with Crippen LogP contribution in [0, 0.1) is 0 Å². The summed E-state index contributed by atoms with van der Waals surface area (Å²) in [4.78, 5) is 30.9. The predicted molar refractivity (Wildman–Crippen MR) is 237 cm³/mol. The highest BCUT2D eigenvalue weighted by Crippen LogP contribution is 2.40. The molecule has 0 radical (unpaired) electrons. The molecule has 4 rings (SSSR count). The van der Waals surface area contributed by atoms with E-state index in [1.807, 2.05) is 0 Å². The van der Waals surface area contributed by atoms with E-state index in [0.29, 0.717) is 75.1 Å². The number of nitrogens with zero attached hydrogens (tertiary/aromatic N) is 2. The summed E-state index contributed by atoms with van der Waals surface area (Å²) in [5.41, 5.74) is 13.9. The van der Waals surface area contributed by atoms with Crippen molar-refractivity contribution in [2.24, 2.45) is 0 Å². The molecule has 0 bridgehead atoms. The number of benzene rings is 2. The van der Waals surface area contributed by atoms with Crippen molar-refractivity contribution < 1.29 is 47.6 Å². The van der Waals surface area contributed by atoms with Crippen LogP contribution in [0.5, 0.6) is 23.0 Å². The Morgan fingerprint density at radius 3 is 1.32 bits per heavy atom. The molecule has 2 aliphatic heterocycles. The van der Waals surface area contributed by atoms with Crippen molar-refractivity contribution in [3.05, 3.63) is 35.4 Å². The number of rotatable bonds is 18. The lowest BCUT2D eigenvalue weighted by atomic mass is 10.1. The molecular weight excluding hydrogens is 789 g/mol. The molecule has 2 amide bonds. The number of ether oxygens (including phenoxy) is 4. The van der Waals surface area contributed by atoms with E-state index in [1.165, 1.54) is 14.2 Å². The average Bonchev–Trinajstić information content (AvgIpc) is 3.72. The van der Waals surface area contributed by atoms with Crippen molar-refractivity contribution in [1.82, 2.24) is 9.80 Å². The monoisotopic (exact) mass is 860 g/mol. The van der Waals surface area contributed by atoms with Crippen LogP contribution in [0.4, 0.5) is 11.4 Å². The number of methoxy groups -OCH3 is 2. The summed E-state index contributed by atoms with van der Waals surface area (Å²) in [6.45, 7) is 23.6. The van der Waals surface area contributed by atoms with E-state index < -0.39 is 28.8 Å². The number of unbranched alkanes of at least 4 members (excludes halogenated alkanes) is 2. The standard InChI is InChI=1S/C43H72N4O10Si2/c1-42(2,3)58(9,10)56-26-28-18-30(48)24-46(28)40(50)32-20-36(52-7)38(22-34(32)44)54-16-14-13-15-17-55-39-23-35(45)33(21-37(39)53-8)41(51)47-25-31(49)19-29(47)27-57-59(11,12)43(4,5)6/h20-23,28-31,48-49H,13-19,24-27,44-45H2,1-12H3/t28-,29-,30+,31+/m0/s1. The number of carbonyl (C=O) groups excluding carboxylic acids is 2. The number of β-amino-alcohol motifs (C(OH)–C–C–N with tert-alkyl or cyclic N) is 2. The molecule has 0 aliphatic carbocycles. The molecule has 16 heteroatoms. The molecule has 14 nitrogen and oxygen atoms in total. The molecule has 4 atom stereocenters. The predicted octanol–water partition coefficient (Wildman–Crippen LogP) is 6.69. The zero-order valence-electron chi connectivity index (χ0n) is 37.6. The zero-order chi connectivity index (χ0) is 44.1. The fourth-order valence-electron chi connectivity index (χ4n) is 6.76. The van der Waals surface area contributed by atoms with E-state index >= 15 is 0 Å². The summed E-state index contributed by atoms with van der Waals surface area (Å²) in [6, 6.07) is 5.91. The Kier molecular flexibility index (Phi) is 15.9. The average molecular weight is 861 g/mol. The molecule has 6 N–H and O–H groups in total. The van der Waals surface area contributed by atoms with Crippen molar-refractivity contribution in [2.45, 2.75) is 134 Å². The van der Waals surface area contributed by atoms with Crippen LogP contribution in [0.1, 0.15) is 94.4 Å². The van der Waals surface area contributed by atoms with E-state index in [1.54, 1.807) is 34.1 Å². The molecule has 332 valence electrons. The molecule has 0 saturated carbocycles. The number of carbonyl (C=O) groups is 2. The number of amides is 2. The normalized spacial score (nSPS) is 20.2. The van der Waals surface area contributed by atoms with Crippen molar-refractivity contribution in [2.75, 3.05) is 65.2 Å². The molecule has 2 aromatic carbocycles. The Morgan fingerprint density at radius 1 is 0.644 bits per heavy atom. The van der Waals surface area contributed by atoms with Gasteiger partial charge in [0, 0.05) is 36.6 Å². The van der Waals surface area contributed by atoms with Crippen molar-refractivity contribution in [3.63, 3.8) is 0 Å². The van der Waals surface area contributed by atoms with Crippen LogP contribution in [-0.2, 0) is 8.85 Å². The fourth-order valence-corrected chi connectivity index (χ4v) is 8.84. The van der Waals surface area contributed by atoms with Crippen LogP contribution >= 0.6 is 0 Å². The van der Waals surface area contributed by atoms with Crippen LogP contribution in [-0.4, -0.2) is 126 Å². The quantitative estimate of drug-likeness (QED) is 0.0708. The number of hydrogen-bond donors (Lipinski definition) is 4. The van der Waals surface area contributed by atoms with Gasteiger partial charge in [-0.25, -0.2) is 0 Å². The minimum Gasteiger partial charge on any atom is -0.493 e. The third-order valence-corrected chi connectivity index (χ3v) is 21.6. The largest absolute Gasteiger partial charge is 0.493 e. The van der Waals surface area contributed by atoms with Crippen LogP contribution in [0.2, 0.25) is 36.3 Å². The number of nitrogens with two attached hydrogens (primary N) is 2. The van der Waals surface area contributed by atoms with Crippen LogP contribution < -0.4 is 30.4 Å². The summed E-state index contributed by atoms with van der Waals surface area (Å²) in [7, 11) is -1.08. The Hall–Kier alpha value is -3.55. The molecule has 2 aromatic rings. The number of aliphatic hydroxyl groups excluding tert-OH is 2. The number of hydrogen-bond acceptors (Lipinski definition) is 12. The van der Waals surface area contributed by atoms with Crippen LogP contribution in [0.3, 0.4) is 0 Å². The molecule has 2 saturated heterocycles. The molecule has 2 aliphatic rings. The minimum absolute atomic E-state index is 0.0215. The molecule has 0 aromatic heterocycles. The first-order valence-corrected chi connectivity index (χ1v) is 26.7. The molecule has 2 fully saturated rings. The Balaban J connectivity index is 1.29. The van der Waals surface area contributed by atoms with Gasteiger partial charge in [0.25, 0.3) is 11.8 Å². The summed E-state index contributed by atoms with van der Waals surface area (Å²) in [5, 5.41) is 21.1. The second-order valence-electron chi connectivity index (χ2n) is 19.1. The lowest BCUT2D eigenvalue weighted by Crippen LogP contribution is -2.46. The van der Waals surface area contributed by atoms with Crippen LogP contribution in [0.15, 0.2) is 24.3 Å². The fraction of sp³-hybridized carbons (Fsp3) is 0.674. The number of aliphatic hydroxyl groups is 2. The lowest BCUT2D eigenvalue weighted by molar-refractivity contribution is 0.0666. The van der Waals surface area contributed by atoms with E-state index in [9.17, 15) is 19.8 Å². The lowest BCUT2D eigenvalue weighted by Gasteiger charge is -2.38. The summed E-state index contributed by atoms with van der Waals surface area (Å²) < 4.78 is 36.2. The topological polar surface area (TPSA) is 188 Å². The van der Waals surface area contributed by atoms with Gasteiger partial charge in [0.05, 0.1) is 76.1 Å². The summed E-state index contributed by atoms with van der Waals surface area (Å²) in [5.74, 6) is 1.09. The first-order valence-electron chi connectivity index (χ1n) is 20.9. The van der Waals surface area contributed by atoms with Gasteiger partial charge in [-0.3, -0.25) is 9.59 Å². The maximum Gasteiger partial charge on any atom is 0.256 e. The van der Waals surface area contributed by atoms with Crippen molar-refractivity contribution >= 4 is 39.8 Å². The van der Waals surface area contributed by atoms with Gasteiger partial charge < -0.3 is 59.3 Å². The highest BCUT2D eigenvalue weighted by atomic mass is 28.4.